The normalized spacial score (nSPS) is 21.5. The van der Waals surface area contributed by atoms with Gasteiger partial charge < -0.3 is 10.1 Å². The molecule has 94 valence electrons. The minimum absolute atomic E-state index is 0.399. The van der Waals surface area contributed by atoms with Crippen molar-refractivity contribution in [3.63, 3.8) is 0 Å². The Morgan fingerprint density at radius 3 is 2.94 bits per heavy atom. The predicted molar refractivity (Wildman–Crippen MR) is 75.2 cm³/mol. The van der Waals surface area contributed by atoms with Crippen molar-refractivity contribution in [2.45, 2.75) is 12.5 Å². The molecule has 1 aliphatic rings. The predicted octanol–water partition coefficient (Wildman–Crippen LogP) is 3.36. The Hall–Kier alpha value is -0.380. The number of hydrogen-bond donors (Lipinski definition) is 1. The first-order valence-corrected chi connectivity index (χ1v) is 7.38. The first-order chi connectivity index (χ1) is 8.26. The molecule has 1 aromatic rings. The zero-order valence-corrected chi connectivity index (χ0v) is 11.8. The van der Waals surface area contributed by atoms with Crippen molar-refractivity contribution in [1.29, 1.82) is 0 Å². The molecule has 2 unspecified atom stereocenters. The van der Waals surface area contributed by atoms with E-state index in [9.17, 15) is 0 Å². The fraction of sp³-hybridized carbons (Fsp3) is 0.538. The molecule has 0 saturated carbocycles. The van der Waals surface area contributed by atoms with E-state index in [1.807, 2.05) is 30.9 Å². The van der Waals surface area contributed by atoms with E-state index in [0.29, 0.717) is 17.0 Å². The van der Waals surface area contributed by atoms with Gasteiger partial charge >= 0.3 is 0 Å². The number of nitrogens with one attached hydrogen (secondary N) is 1. The molecule has 1 aliphatic heterocycles. The lowest BCUT2D eigenvalue weighted by molar-refractivity contribution is 0.403. The summed E-state index contributed by atoms with van der Waals surface area (Å²) in [6.45, 7) is 0. The monoisotopic (exact) mass is 271 g/mol. The van der Waals surface area contributed by atoms with Crippen molar-refractivity contribution in [2.75, 3.05) is 25.7 Å². The van der Waals surface area contributed by atoms with E-state index < -0.39 is 0 Å². The summed E-state index contributed by atoms with van der Waals surface area (Å²) in [5.41, 5.74) is 1.27. The summed E-state index contributed by atoms with van der Waals surface area (Å²) in [6, 6.07) is 6.46. The summed E-state index contributed by atoms with van der Waals surface area (Å²) in [5.74, 6) is 3.97. The molecule has 1 N–H and O–H groups in total. The zero-order chi connectivity index (χ0) is 12.3. The Balaban J connectivity index is 2.23. The molecule has 2 nitrogen and oxygen atoms in total. The van der Waals surface area contributed by atoms with Crippen molar-refractivity contribution in [1.82, 2.24) is 5.32 Å². The Morgan fingerprint density at radius 2 is 2.35 bits per heavy atom. The second-order valence-corrected chi connectivity index (χ2v) is 5.84. The number of thioether (sulfide) groups is 1. The molecular weight excluding hydrogens is 254 g/mol. The molecule has 0 spiro atoms. The third-order valence-electron chi connectivity index (χ3n) is 3.28. The number of rotatable bonds is 4. The van der Waals surface area contributed by atoms with Crippen LogP contribution in [0.2, 0.25) is 5.02 Å². The molecule has 2 atom stereocenters. The van der Waals surface area contributed by atoms with Crippen LogP contribution in [0.25, 0.3) is 0 Å². The first-order valence-electron chi connectivity index (χ1n) is 5.84. The topological polar surface area (TPSA) is 21.3 Å². The maximum absolute atomic E-state index is 6.05. The van der Waals surface area contributed by atoms with Crippen LogP contribution in [-0.4, -0.2) is 25.7 Å². The molecule has 0 amide bonds. The Labute approximate surface area is 112 Å². The van der Waals surface area contributed by atoms with Crippen molar-refractivity contribution in [2.24, 2.45) is 5.92 Å². The highest BCUT2D eigenvalue weighted by Gasteiger charge is 2.25. The second kappa shape index (κ2) is 5.98. The van der Waals surface area contributed by atoms with Gasteiger partial charge in [-0.05, 0) is 48.6 Å². The third-order valence-corrected chi connectivity index (χ3v) is 4.78. The molecule has 0 aromatic heterocycles. The van der Waals surface area contributed by atoms with Crippen LogP contribution in [0.4, 0.5) is 0 Å². The molecule has 1 saturated heterocycles. The van der Waals surface area contributed by atoms with Gasteiger partial charge in [-0.15, -0.1) is 0 Å². The number of halogens is 1. The van der Waals surface area contributed by atoms with Gasteiger partial charge in [0.2, 0.25) is 0 Å². The summed E-state index contributed by atoms with van der Waals surface area (Å²) < 4.78 is 5.28. The summed E-state index contributed by atoms with van der Waals surface area (Å²) in [4.78, 5) is 0. The first kappa shape index (κ1) is 13.1. The molecule has 17 heavy (non-hydrogen) atoms. The summed E-state index contributed by atoms with van der Waals surface area (Å²) in [7, 11) is 3.68. The van der Waals surface area contributed by atoms with Crippen LogP contribution in [0.5, 0.6) is 5.75 Å². The highest BCUT2D eigenvalue weighted by atomic mass is 35.5. The molecular formula is C13H18ClNOS. The molecule has 2 rings (SSSR count). The van der Waals surface area contributed by atoms with Gasteiger partial charge in [0.05, 0.1) is 12.1 Å². The molecule has 0 radical (unpaired) electrons. The van der Waals surface area contributed by atoms with E-state index in [4.69, 9.17) is 16.3 Å². The molecule has 1 fully saturated rings. The second-order valence-electron chi connectivity index (χ2n) is 4.28. The SMILES string of the molecule is CNC(c1ccc(Cl)c(OC)c1)C1CCSC1. The van der Waals surface area contributed by atoms with E-state index in [-0.39, 0.29) is 0 Å². The average Bonchev–Trinajstić information content (AvgIpc) is 2.86. The van der Waals surface area contributed by atoms with Gasteiger partial charge in [-0.2, -0.15) is 11.8 Å². The largest absolute Gasteiger partial charge is 0.495 e. The standard InChI is InChI=1S/C13H18ClNOS/c1-15-13(10-5-6-17-8-10)9-3-4-11(14)12(7-9)16-2/h3-4,7,10,13,15H,5-6,8H2,1-2H3. The van der Waals surface area contributed by atoms with Crippen LogP contribution >= 0.6 is 23.4 Å². The van der Waals surface area contributed by atoms with Crippen LogP contribution in [0.1, 0.15) is 18.0 Å². The van der Waals surface area contributed by atoms with Crippen LogP contribution in [0.15, 0.2) is 18.2 Å². The van der Waals surface area contributed by atoms with Gasteiger partial charge in [0, 0.05) is 6.04 Å². The van der Waals surface area contributed by atoms with Crippen LogP contribution in [0.3, 0.4) is 0 Å². The number of methoxy groups -OCH3 is 1. The van der Waals surface area contributed by atoms with E-state index in [2.05, 4.69) is 11.4 Å². The highest BCUT2D eigenvalue weighted by Crippen LogP contribution is 2.36. The fourth-order valence-electron chi connectivity index (χ4n) is 2.36. The fourth-order valence-corrected chi connectivity index (χ4v) is 3.85. The van der Waals surface area contributed by atoms with Crippen LogP contribution in [0, 0.1) is 5.92 Å². The Bertz CT molecular complexity index is 380. The lowest BCUT2D eigenvalue weighted by atomic mass is 9.92. The maximum atomic E-state index is 6.05. The van der Waals surface area contributed by atoms with E-state index in [0.717, 1.165) is 5.75 Å². The summed E-state index contributed by atoms with van der Waals surface area (Å²) in [6.07, 6.45) is 1.28. The van der Waals surface area contributed by atoms with Crippen molar-refractivity contribution in [3.05, 3.63) is 28.8 Å². The molecule has 1 aromatic carbocycles. The van der Waals surface area contributed by atoms with Gasteiger partial charge in [0.1, 0.15) is 5.75 Å². The van der Waals surface area contributed by atoms with Gasteiger partial charge in [-0.1, -0.05) is 17.7 Å². The molecule has 4 heteroatoms. The number of benzene rings is 1. The average molecular weight is 272 g/mol. The zero-order valence-electron chi connectivity index (χ0n) is 10.2. The minimum Gasteiger partial charge on any atom is -0.495 e. The highest BCUT2D eigenvalue weighted by molar-refractivity contribution is 7.99. The van der Waals surface area contributed by atoms with Gasteiger partial charge in [-0.3, -0.25) is 0 Å². The van der Waals surface area contributed by atoms with Gasteiger partial charge in [-0.25, -0.2) is 0 Å². The van der Waals surface area contributed by atoms with Gasteiger partial charge in [0.15, 0.2) is 0 Å². The minimum atomic E-state index is 0.399. The van der Waals surface area contributed by atoms with Crippen molar-refractivity contribution in [3.8, 4) is 5.75 Å². The maximum Gasteiger partial charge on any atom is 0.137 e. The molecule has 0 aliphatic carbocycles. The van der Waals surface area contributed by atoms with Crippen LogP contribution in [-0.2, 0) is 0 Å². The molecule has 1 heterocycles. The Morgan fingerprint density at radius 1 is 1.53 bits per heavy atom. The lowest BCUT2D eigenvalue weighted by Crippen LogP contribution is -2.25. The summed E-state index contributed by atoms with van der Waals surface area (Å²) in [5, 5.41) is 4.09. The number of hydrogen-bond acceptors (Lipinski definition) is 3. The number of ether oxygens (including phenoxy) is 1. The van der Waals surface area contributed by atoms with E-state index >= 15 is 0 Å². The van der Waals surface area contributed by atoms with E-state index in [1.165, 1.54) is 23.5 Å². The molecule has 0 bridgehead atoms. The lowest BCUT2D eigenvalue weighted by Gasteiger charge is -2.23. The summed E-state index contributed by atoms with van der Waals surface area (Å²) >= 11 is 8.09. The third kappa shape index (κ3) is 2.90. The van der Waals surface area contributed by atoms with Crippen molar-refractivity contribution < 1.29 is 4.74 Å². The van der Waals surface area contributed by atoms with Gasteiger partial charge in [0.25, 0.3) is 0 Å². The quantitative estimate of drug-likeness (QED) is 0.907. The van der Waals surface area contributed by atoms with Crippen molar-refractivity contribution >= 4 is 23.4 Å². The smallest absolute Gasteiger partial charge is 0.137 e. The Kier molecular flexibility index (Phi) is 4.60. The van der Waals surface area contributed by atoms with Crippen LogP contribution < -0.4 is 10.1 Å². The van der Waals surface area contributed by atoms with E-state index in [1.54, 1.807) is 7.11 Å².